The summed E-state index contributed by atoms with van der Waals surface area (Å²) in [6, 6.07) is 58.5. The molecule has 248 valence electrons. The van der Waals surface area contributed by atoms with Crippen LogP contribution >= 0.6 is 0 Å². The summed E-state index contributed by atoms with van der Waals surface area (Å²) >= 11 is 0. The van der Waals surface area contributed by atoms with Gasteiger partial charge >= 0.3 is 0 Å². The largest absolute Gasteiger partial charge is 0.264 e. The summed E-state index contributed by atoms with van der Waals surface area (Å²) in [7, 11) is 0. The van der Waals surface area contributed by atoms with Crippen LogP contribution in [0.1, 0.15) is 0 Å². The van der Waals surface area contributed by atoms with Gasteiger partial charge in [-0.15, -0.1) is 0 Å². The van der Waals surface area contributed by atoms with Gasteiger partial charge in [0.15, 0.2) is 0 Å². The van der Waals surface area contributed by atoms with Gasteiger partial charge in [0.1, 0.15) is 0 Å². The third kappa shape index (κ3) is 4.11. The molecule has 2 heteroatoms. The van der Waals surface area contributed by atoms with Gasteiger partial charge in [0.2, 0.25) is 0 Å². The van der Waals surface area contributed by atoms with Crippen LogP contribution in [0.4, 0.5) is 0 Å². The minimum atomic E-state index is 1.16. The first-order valence-corrected chi connectivity index (χ1v) is 18.5. The molecule has 0 radical (unpaired) electrons. The Hall–Kier alpha value is -7.16. The predicted octanol–water partition coefficient (Wildman–Crippen LogP) is 14.2. The smallest absolute Gasteiger partial charge is 0.0352 e. The van der Waals surface area contributed by atoms with E-state index in [0.717, 1.165) is 10.8 Å². The fourth-order valence-electron chi connectivity index (χ4n) is 9.41. The molecule has 0 aliphatic rings. The number of pyridine rings is 2. The van der Waals surface area contributed by atoms with E-state index < -0.39 is 0 Å². The molecule has 10 aromatic carbocycles. The van der Waals surface area contributed by atoms with Crippen molar-refractivity contribution < 1.29 is 0 Å². The van der Waals surface area contributed by atoms with Gasteiger partial charge in [-0.1, -0.05) is 121 Å². The summed E-state index contributed by atoms with van der Waals surface area (Å²) in [6.07, 6.45) is 7.83. The molecule has 0 saturated carbocycles. The van der Waals surface area contributed by atoms with Crippen molar-refractivity contribution >= 4 is 97.0 Å². The lowest BCUT2D eigenvalue weighted by atomic mass is 9.84. The molecule has 0 N–H and O–H groups in total. The quantitative estimate of drug-likeness (QED) is 0.134. The fourth-order valence-corrected chi connectivity index (χ4v) is 9.41. The number of fused-ring (bicyclic) bond motifs is 15. The summed E-state index contributed by atoms with van der Waals surface area (Å²) < 4.78 is 0. The van der Waals surface area contributed by atoms with Crippen molar-refractivity contribution in [2.45, 2.75) is 0 Å². The van der Waals surface area contributed by atoms with E-state index in [0.29, 0.717) is 0 Å². The van der Waals surface area contributed by atoms with Gasteiger partial charge in [0.25, 0.3) is 0 Å². The van der Waals surface area contributed by atoms with E-state index in [4.69, 9.17) is 0 Å². The minimum absolute atomic E-state index is 1.16. The Morgan fingerprint density at radius 2 is 0.630 bits per heavy atom. The van der Waals surface area contributed by atoms with Crippen LogP contribution < -0.4 is 0 Å². The summed E-state index contributed by atoms with van der Waals surface area (Å²) in [5.41, 5.74) is 4.84. The van der Waals surface area contributed by atoms with Crippen molar-refractivity contribution in [3.05, 3.63) is 183 Å². The van der Waals surface area contributed by atoms with Crippen molar-refractivity contribution in [3.8, 4) is 22.3 Å². The topological polar surface area (TPSA) is 25.8 Å². The molecular weight excluding hydrogens is 653 g/mol. The predicted molar refractivity (Wildman–Crippen MR) is 230 cm³/mol. The molecule has 0 atom stereocenters. The van der Waals surface area contributed by atoms with Crippen LogP contribution in [0.25, 0.3) is 119 Å². The van der Waals surface area contributed by atoms with Crippen LogP contribution in [-0.2, 0) is 0 Å². The summed E-state index contributed by atoms with van der Waals surface area (Å²) in [4.78, 5) is 9.20. The Bertz CT molecular complexity index is 3220. The van der Waals surface area contributed by atoms with Crippen molar-refractivity contribution in [1.82, 2.24) is 9.97 Å². The van der Waals surface area contributed by atoms with Gasteiger partial charge in [-0.2, -0.15) is 0 Å². The molecule has 0 aliphatic heterocycles. The van der Waals surface area contributed by atoms with Gasteiger partial charge < -0.3 is 0 Å². The SMILES string of the molecule is c1ccc2c(-c3ccc4c5ccccc5c5c6cc(-c7c8ccccc8cc8ccncc78)ccc6c6ccccc6c5c4c3)c3cnccc3cc2c1. The van der Waals surface area contributed by atoms with Crippen LogP contribution in [0.2, 0.25) is 0 Å². The second-order valence-electron chi connectivity index (χ2n) is 14.5. The number of hydrogen-bond acceptors (Lipinski definition) is 2. The van der Waals surface area contributed by atoms with Gasteiger partial charge in [-0.25, -0.2) is 0 Å². The lowest BCUT2D eigenvalue weighted by Gasteiger charge is -2.19. The molecule has 0 aliphatic carbocycles. The van der Waals surface area contributed by atoms with Crippen LogP contribution in [0, 0.1) is 0 Å². The first-order valence-electron chi connectivity index (χ1n) is 18.5. The fraction of sp³-hybridized carbons (Fsp3) is 0. The molecule has 0 amide bonds. The number of rotatable bonds is 2. The van der Waals surface area contributed by atoms with E-state index in [-0.39, 0.29) is 0 Å². The van der Waals surface area contributed by atoms with Crippen molar-refractivity contribution in [2.75, 3.05) is 0 Å². The molecule has 2 nitrogen and oxygen atoms in total. The molecule has 12 rings (SSSR count). The van der Waals surface area contributed by atoms with E-state index in [9.17, 15) is 0 Å². The zero-order valence-electron chi connectivity index (χ0n) is 29.2. The highest BCUT2D eigenvalue weighted by atomic mass is 14.6. The molecule has 2 heterocycles. The molecule has 54 heavy (non-hydrogen) atoms. The van der Waals surface area contributed by atoms with Gasteiger partial charge in [0.05, 0.1) is 0 Å². The number of benzene rings is 10. The summed E-state index contributed by atoms with van der Waals surface area (Å²) in [5.74, 6) is 0. The van der Waals surface area contributed by atoms with E-state index >= 15 is 0 Å². The average Bonchev–Trinajstić information content (AvgIpc) is 3.24. The molecule has 12 aromatic rings. The standard InChI is InChI=1S/C52H30N2/c1-3-11-37-31(9-1)25-33-21-23-53-29-47(33)49(37)35-17-19-41-39-13-5-8-16-44(39)52-46-28-36(18-20-42(46)40-14-6-7-15-43(40)51(52)45(41)27-35)50-38-12-4-2-10-32(38)26-34-22-24-54-30-48(34)50/h1-30H. The monoisotopic (exact) mass is 682 g/mol. The number of nitrogens with zero attached hydrogens (tertiary/aromatic N) is 2. The second-order valence-corrected chi connectivity index (χ2v) is 14.5. The maximum absolute atomic E-state index is 4.60. The van der Waals surface area contributed by atoms with Gasteiger partial charge in [0, 0.05) is 35.6 Å². The molecule has 2 aromatic heterocycles. The second kappa shape index (κ2) is 11.2. The molecule has 0 saturated heterocycles. The van der Waals surface area contributed by atoms with E-state index in [1.165, 1.54) is 108 Å². The molecular formula is C52H30N2. The van der Waals surface area contributed by atoms with Gasteiger partial charge in [-0.05, 0) is 145 Å². The first-order chi connectivity index (χ1) is 26.8. The molecule has 0 unspecified atom stereocenters. The van der Waals surface area contributed by atoms with Crippen molar-refractivity contribution in [3.63, 3.8) is 0 Å². The summed E-state index contributed by atoms with van der Waals surface area (Å²) in [5, 5.41) is 22.3. The maximum atomic E-state index is 4.60. The van der Waals surface area contributed by atoms with Crippen LogP contribution in [0.15, 0.2) is 183 Å². The van der Waals surface area contributed by atoms with E-state index in [1.807, 2.05) is 24.8 Å². The Kier molecular flexibility index (Phi) is 6.09. The average molecular weight is 683 g/mol. The highest BCUT2D eigenvalue weighted by Gasteiger charge is 2.19. The Morgan fingerprint density at radius 3 is 1.09 bits per heavy atom. The third-order valence-corrected chi connectivity index (χ3v) is 11.7. The Morgan fingerprint density at radius 1 is 0.259 bits per heavy atom. The van der Waals surface area contributed by atoms with Crippen molar-refractivity contribution in [2.24, 2.45) is 0 Å². The molecule has 0 fully saturated rings. The van der Waals surface area contributed by atoms with Crippen LogP contribution in [0.5, 0.6) is 0 Å². The Balaban J connectivity index is 1.27. The highest BCUT2D eigenvalue weighted by molar-refractivity contribution is 6.40. The molecule has 0 bridgehead atoms. The minimum Gasteiger partial charge on any atom is -0.264 e. The maximum Gasteiger partial charge on any atom is 0.0352 e. The van der Waals surface area contributed by atoms with Gasteiger partial charge in [-0.3, -0.25) is 9.97 Å². The first kappa shape index (κ1) is 29.4. The van der Waals surface area contributed by atoms with E-state index in [2.05, 4.69) is 168 Å². The normalized spacial score (nSPS) is 12.1. The lowest BCUT2D eigenvalue weighted by Crippen LogP contribution is -1.91. The van der Waals surface area contributed by atoms with Crippen molar-refractivity contribution in [1.29, 1.82) is 0 Å². The summed E-state index contributed by atoms with van der Waals surface area (Å²) in [6.45, 7) is 0. The molecule has 0 spiro atoms. The zero-order valence-corrected chi connectivity index (χ0v) is 29.2. The van der Waals surface area contributed by atoms with E-state index in [1.54, 1.807) is 0 Å². The number of aromatic nitrogens is 2. The Labute approximate surface area is 310 Å². The lowest BCUT2D eigenvalue weighted by molar-refractivity contribution is 1.37. The van der Waals surface area contributed by atoms with Crippen LogP contribution in [0.3, 0.4) is 0 Å². The number of hydrogen-bond donors (Lipinski definition) is 0. The van der Waals surface area contributed by atoms with Crippen LogP contribution in [-0.4, -0.2) is 9.97 Å². The third-order valence-electron chi connectivity index (χ3n) is 11.7. The highest BCUT2D eigenvalue weighted by Crippen LogP contribution is 2.47. The zero-order chi connectivity index (χ0) is 35.3.